The van der Waals surface area contributed by atoms with Crippen LogP contribution in [0.3, 0.4) is 0 Å². The lowest BCUT2D eigenvalue weighted by Gasteiger charge is -2.54. The van der Waals surface area contributed by atoms with Crippen molar-refractivity contribution in [1.29, 1.82) is 0 Å². The number of ether oxygens (including phenoxy) is 2. The first-order valence-corrected chi connectivity index (χ1v) is 14.8. The van der Waals surface area contributed by atoms with Crippen LogP contribution < -0.4 is 9.84 Å². The number of fused-ring (bicyclic) bond motifs is 3. The molecule has 3 heterocycles. The first-order chi connectivity index (χ1) is 20.0. The Balaban J connectivity index is 0.000000517. The lowest BCUT2D eigenvalue weighted by molar-refractivity contribution is -0.944. The van der Waals surface area contributed by atoms with E-state index >= 15 is 0 Å². The van der Waals surface area contributed by atoms with Crippen LogP contribution in [0.1, 0.15) is 63.4 Å². The molecule has 4 fully saturated rings. The summed E-state index contributed by atoms with van der Waals surface area (Å²) in [5, 5.41) is 20.7. The van der Waals surface area contributed by atoms with Crippen LogP contribution in [0.4, 0.5) is 13.2 Å². The van der Waals surface area contributed by atoms with E-state index in [1.807, 2.05) is 60.7 Å². The molecule has 0 spiro atoms. The number of carboxylic acids is 1. The van der Waals surface area contributed by atoms with E-state index in [1.165, 1.54) is 6.42 Å². The van der Waals surface area contributed by atoms with E-state index in [0.717, 1.165) is 94.4 Å². The van der Waals surface area contributed by atoms with Gasteiger partial charge in [0.25, 0.3) is 0 Å². The second kappa shape index (κ2) is 13.5. The second-order valence-corrected chi connectivity index (χ2v) is 11.8. The first-order valence-electron chi connectivity index (χ1n) is 14.8. The van der Waals surface area contributed by atoms with Crippen LogP contribution in [-0.2, 0) is 19.9 Å². The molecular formula is C32H40F3NO6. The highest BCUT2D eigenvalue weighted by Gasteiger charge is 2.55. The van der Waals surface area contributed by atoms with Crippen molar-refractivity contribution in [2.24, 2.45) is 5.92 Å². The molecule has 2 aromatic rings. The Morgan fingerprint density at radius 3 is 1.95 bits per heavy atom. The van der Waals surface area contributed by atoms with E-state index in [9.17, 15) is 23.1 Å². The maximum absolute atomic E-state index is 13.7. The molecule has 3 aliphatic heterocycles. The molecule has 2 aromatic carbocycles. The number of alkyl halides is 3. The largest absolute Gasteiger partial charge is 0.542 e. The Bertz CT molecular complexity index is 1150. The molecule has 42 heavy (non-hydrogen) atoms. The van der Waals surface area contributed by atoms with Crippen LogP contribution in [0.15, 0.2) is 60.7 Å². The standard InChI is InChI=1S/C30H40NO4.C2HF3O2/c32-28(30(33,25-11-4-1-5-12-25)26-13-6-2-7-14-26)35-29-17-21-31(22-18-29,23-19-29)20-10-24-34-27-15-8-3-9-16-27;3-2(4,5)1(6)7/h1,3-5,8-9,11-12,15-16,26,33H,2,6-7,10,13-14,17-24H2;(H,6,7)/q+1;/p-1/t29?,30-,31?;/m0./s1. The lowest BCUT2D eigenvalue weighted by Crippen LogP contribution is -2.66. The molecule has 1 atom stereocenters. The van der Waals surface area contributed by atoms with E-state index in [2.05, 4.69) is 0 Å². The summed E-state index contributed by atoms with van der Waals surface area (Å²) < 4.78 is 44.9. The summed E-state index contributed by atoms with van der Waals surface area (Å²) in [6.07, 6.45) is 3.53. The molecule has 1 saturated carbocycles. The number of piperidine rings is 3. The SMILES string of the molecule is O=C(OC12CC[N+](CCCOc3ccccc3)(CC1)CC2)[C@](O)(c1ccccc1)C1CCCCC1.O=C([O-])C(F)(F)F. The Morgan fingerprint density at radius 1 is 0.905 bits per heavy atom. The zero-order valence-electron chi connectivity index (χ0n) is 23.8. The third-order valence-corrected chi connectivity index (χ3v) is 9.18. The van der Waals surface area contributed by atoms with Gasteiger partial charge in [0.05, 0.1) is 32.8 Å². The molecule has 230 valence electrons. The first kappa shape index (κ1) is 31.8. The molecule has 10 heteroatoms. The number of hydrogen-bond donors (Lipinski definition) is 1. The quantitative estimate of drug-likeness (QED) is 0.262. The van der Waals surface area contributed by atoms with Gasteiger partial charge >= 0.3 is 12.1 Å². The zero-order chi connectivity index (χ0) is 30.3. The number of carboxylic acid groups (broad SMARTS) is 1. The lowest BCUT2D eigenvalue weighted by atomic mass is 9.73. The summed E-state index contributed by atoms with van der Waals surface area (Å²) >= 11 is 0. The molecule has 6 rings (SSSR count). The van der Waals surface area contributed by atoms with Gasteiger partial charge in [-0.05, 0) is 30.5 Å². The van der Waals surface area contributed by atoms with Gasteiger partial charge in [-0.15, -0.1) is 0 Å². The molecule has 0 amide bonds. The number of esters is 1. The van der Waals surface area contributed by atoms with Crippen LogP contribution in [-0.4, -0.2) is 66.1 Å². The minimum atomic E-state index is -5.19. The van der Waals surface area contributed by atoms with Gasteiger partial charge in [0.15, 0.2) is 5.60 Å². The normalized spacial score (nSPS) is 25.4. The van der Waals surface area contributed by atoms with E-state index in [-0.39, 0.29) is 5.92 Å². The van der Waals surface area contributed by atoms with Crippen molar-refractivity contribution in [3.05, 3.63) is 66.2 Å². The fraction of sp³-hybridized carbons (Fsp3) is 0.562. The smallest absolute Gasteiger partial charge is 0.430 e. The fourth-order valence-electron chi connectivity index (χ4n) is 6.64. The van der Waals surface area contributed by atoms with Gasteiger partial charge in [0, 0.05) is 31.6 Å². The number of aliphatic carboxylic acids is 1. The van der Waals surface area contributed by atoms with Crippen LogP contribution >= 0.6 is 0 Å². The Hall–Kier alpha value is -3.11. The van der Waals surface area contributed by atoms with Crippen LogP contribution in [0.5, 0.6) is 5.75 Å². The van der Waals surface area contributed by atoms with Crippen molar-refractivity contribution in [1.82, 2.24) is 0 Å². The van der Waals surface area contributed by atoms with E-state index in [1.54, 1.807) is 0 Å². The highest BCUT2D eigenvalue weighted by atomic mass is 19.4. The third kappa shape index (κ3) is 7.64. The summed E-state index contributed by atoms with van der Waals surface area (Å²) in [5.74, 6) is -2.57. The number of aliphatic hydroxyl groups is 1. The van der Waals surface area contributed by atoms with Crippen molar-refractivity contribution in [3.63, 3.8) is 0 Å². The van der Waals surface area contributed by atoms with E-state index < -0.39 is 29.3 Å². The molecule has 2 bridgehead atoms. The molecular weight excluding hydrogens is 551 g/mol. The van der Waals surface area contributed by atoms with E-state index in [4.69, 9.17) is 19.4 Å². The summed E-state index contributed by atoms with van der Waals surface area (Å²) in [6.45, 7) is 4.94. The Morgan fingerprint density at radius 2 is 1.43 bits per heavy atom. The predicted octanol–water partition coefficient (Wildman–Crippen LogP) is 4.52. The minimum Gasteiger partial charge on any atom is -0.542 e. The van der Waals surface area contributed by atoms with Crippen LogP contribution in [0.25, 0.3) is 0 Å². The zero-order valence-corrected chi connectivity index (χ0v) is 23.8. The summed E-state index contributed by atoms with van der Waals surface area (Å²) in [6, 6.07) is 19.5. The number of halogens is 3. The molecule has 0 unspecified atom stereocenters. The second-order valence-electron chi connectivity index (χ2n) is 11.8. The van der Waals surface area contributed by atoms with Gasteiger partial charge in [0.2, 0.25) is 0 Å². The van der Waals surface area contributed by atoms with Crippen molar-refractivity contribution in [2.75, 3.05) is 32.8 Å². The number of benzene rings is 2. The van der Waals surface area contributed by atoms with Crippen LogP contribution in [0.2, 0.25) is 0 Å². The minimum absolute atomic E-state index is 0.0748. The van der Waals surface area contributed by atoms with Gasteiger partial charge in [-0.3, -0.25) is 0 Å². The molecule has 0 radical (unpaired) electrons. The number of carbonyl (C=O) groups excluding carboxylic acids is 2. The van der Waals surface area contributed by atoms with Gasteiger partial charge in [0.1, 0.15) is 17.3 Å². The van der Waals surface area contributed by atoms with Gasteiger partial charge in [-0.2, -0.15) is 13.2 Å². The van der Waals surface area contributed by atoms with Crippen molar-refractivity contribution in [2.45, 2.75) is 75.2 Å². The number of para-hydroxylation sites is 1. The van der Waals surface area contributed by atoms with E-state index in [0.29, 0.717) is 5.56 Å². The molecule has 1 aliphatic carbocycles. The molecule has 4 aliphatic rings. The monoisotopic (exact) mass is 591 g/mol. The number of quaternary nitrogens is 1. The highest BCUT2D eigenvalue weighted by Crippen LogP contribution is 2.45. The van der Waals surface area contributed by atoms with Crippen molar-refractivity contribution >= 4 is 11.9 Å². The highest BCUT2D eigenvalue weighted by molar-refractivity contribution is 5.82. The molecule has 7 nitrogen and oxygen atoms in total. The van der Waals surface area contributed by atoms with Crippen molar-refractivity contribution in [3.8, 4) is 5.75 Å². The fourth-order valence-corrected chi connectivity index (χ4v) is 6.64. The average Bonchev–Trinajstić information content (AvgIpc) is 3.01. The summed E-state index contributed by atoms with van der Waals surface area (Å²) in [7, 11) is 0. The van der Waals surface area contributed by atoms with Gasteiger partial charge < -0.3 is 29.0 Å². The summed E-state index contributed by atoms with van der Waals surface area (Å²) in [5.41, 5.74) is -1.29. The number of rotatable bonds is 9. The Kier molecular flexibility index (Phi) is 10.2. The van der Waals surface area contributed by atoms with Gasteiger partial charge in [-0.1, -0.05) is 67.8 Å². The maximum atomic E-state index is 13.7. The number of carbonyl (C=O) groups is 2. The topological polar surface area (TPSA) is 95.9 Å². The van der Waals surface area contributed by atoms with Crippen molar-refractivity contribution < 1.29 is 46.9 Å². The number of hydrogen-bond acceptors (Lipinski definition) is 6. The molecule has 0 aromatic heterocycles. The molecule has 1 N–H and O–H groups in total. The summed E-state index contributed by atoms with van der Waals surface area (Å²) in [4.78, 5) is 22.5. The van der Waals surface area contributed by atoms with Gasteiger partial charge in [-0.25, -0.2) is 4.79 Å². The number of nitrogens with zero attached hydrogens (tertiary/aromatic N) is 1. The van der Waals surface area contributed by atoms with Crippen LogP contribution in [0, 0.1) is 5.92 Å². The third-order valence-electron chi connectivity index (χ3n) is 9.18. The maximum Gasteiger partial charge on any atom is 0.430 e. The predicted molar refractivity (Wildman–Crippen MR) is 147 cm³/mol. The average molecular weight is 592 g/mol. The Labute approximate surface area is 244 Å². The molecule has 3 saturated heterocycles.